The SMILES string of the molecule is CC(=O)OCCCCCCCCC/C=C/Br. The standard InChI is InChI=1S/C13H23BrO2/c1-13(15)16-12-10-8-6-4-2-3-5-7-9-11-14/h9,11H,2-8,10,12H2,1H3/b11-9+. The van der Waals surface area contributed by atoms with Crippen molar-refractivity contribution in [1.82, 2.24) is 0 Å². The Bertz CT molecular complexity index is 190. The highest BCUT2D eigenvalue weighted by Gasteiger charge is 1.94. The quantitative estimate of drug-likeness (QED) is 0.435. The minimum Gasteiger partial charge on any atom is -0.466 e. The molecule has 0 spiro atoms. The fourth-order valence-electron chi connectivity index (χ4n) is 1.53. The number of carbonyl (C=O) groups is 1. The number of rotatable bonds is 10. The van der Waals surface area contributed by atoms with Crippen molar-refractivity contribution in [1.29, 1.82) is 0 Å². The molecule has 3 heteroatoms. The molecule has 94 valence electrons. The average Bonchev–Trinajstić information content (AvgIpc) is 2.25. The number of carbonyl (C=O) groups excluding carboxylic acids is 1. The molecular weight excluding hydrogens is 268 g/mol. The highest BCUT2D eigenvalue weighted by Crippen LogP contribution is 2.09. The first-order chi connectivity index (χ1) is 7.77. The summed E-state index contributed by atoms with van der Waals surface area (Å²) in [7, 11) is 0. The van der Waals surface area contributed by atoms with Gasteiger partial charge in [-0.3, -0.25) is 4.79 Å². The van der Waals surface area contributed by atoms with E-state index in [-0.39, 0.29) is 5.97 Å². The van der Waals surface area contributed by atoms with Gasteiger partial charge in [-0.2, -0.15) is 0 Å². The first kappa shape index (κ1) is 15.7. The molecular formula is C13H23BrO2. The van der Waals surface area contributed by atoms with Gasteiger partial charge in [-0.25, -0.2) is 0 Å². The van der Waals surface area contributed by atoms with Crippen LogP contribution in [-0.4, -0.2) is 12.6 Å². The second-order valence-corrected chi connectivity index (χ2v) is 4.49. The summed E-state index contributed by atoms with van der Waals surface area (Å²) in [4.78, 5) is 12.4. The highest BCUT2D eigenvalue weighted by atomic mass is 79.9. The Kier molecular flexibility index (Phi) is 12.5. The number of unbranched alkanes of at least 4 members (excludes halogenated alkanes) is 7. The molecule has 2 nitrogen and oxygen atoms in total. The van der Waals surface area contributed by atoms with Crippen LogP contribution in [0.15, 0.2) is 11.1 Å². The maximum atomic E-state index is 10.5. The second-order valence-electron chi connectivity index (χ2n) is 3.97. The van der Waals surface area contributed by atoms with E-state index in [9.17, 15) is 4.79 Å². The minimum atomic E-state index is -0.167. The van der Waals surface area contributed by atoms with E-state index in [1.165, 1.54) is 51.9 Å². The van der Waals surface area contributed by atoms with E-state index in [4.69, 9.17) is 4.74 Å². The fourth-order valence-corrected chi connectivity index (χ4v) is 1.79. The molecule has 0 aliphatic rings. The maximum Gasteiger partial charge on any atom is 0.302 e. The first-order valence-electron chi connectivity index (χ1n) is 6.16. The van der Waals surface area contributed by atoms with Crippen LogP contribution < -0.4 is 0 Å². The number of esters is 1. The van der Waals surface area contributed by atoms with Crippen molar-refractivity contribution in [3.05, 3.63) is 11.1 Å². The highest BCUT2D eigenvalue weighted by molar-refractivity contribution is 9.11. The molecule has 0 N–H and O–H groups in total. The normalized spacial score (nSPS) is 10.9. The molecule has 0 fully saturated rings. The summed E-state index contributed by atoms with van der Waals surface area (Å²) in [5, 5.41) is 0. The van der Waals surface area contributed by atoms with E-state index in [1.54, 1.807) is 0 Å². The van der Waals surface area contributed by atoms with Crippen LogP contribution in [0.3, 0.4) is 0 Å². The van der Waals surface area contributed by atoms with Crippen LogP contribution in [0.25, 0.3) is 0 Å². The van der Waals surface area contributed by atoms with Crippen LogP contribution in [0.4, 0.5) is 0 Å². The van der Waals surface area contributed by atoms with Gasteiger partial charge in [-0.1, -0.05) is 54.1 Å². The van der Waals surface area contributed by atoms with E-state index in [0.29, 0.717) is 6.61 Å². The molecule has 0 atom stereocenters. The summed E-state index contributed by atoms with van der Waals surface area (Å²) in [6, 6.07) is 0. The summed E-state index contributed by atoms with van der Waals surface area (Å²) in [6.45, 7) is 2.05. The monoisotopic (exact) mass is 290 g/mol. The van der Waals surface area contributed by atoms with Crippen LogP contribution in [0.5, 0.6) is 0 Å². The van der Waals surface area contributed by atoms with Gasteiger partial charge in [0.2, 0.25) is 0 Å². The minimum absolute atomic E-state index is 0.167. The molecule has 0 heterocycles. The smallest absolute Gasteiger partial charge is 0.302 e. The lowest BCUT2D eigenvalue weighted by molar-refractivity contribution is -0.141. The van der Waals surface area contributed by atoms with Crippen LogP contribution in [0.2, 0.25) is 0 Å². The van der Waals surface area contributed by atoms with E-state index >= 15 is 0 Å². The number of ether oxygens (including phenoxy) is 1. The summed E-state index contributed by atoms with van der Waals surface area (Å²) < 4.78 is 4.86. The van der Waals surface area contributed by atoms with E-state index < -0.39 is 0 Å². The fraction of sp³-hybridized carbons (Fsp3) is 0.769. The maximum absolute atomic E-state index is 10.5. The lowest BCUT2D eigenvalue weighted by Gasteiger charge is -2.02. The van der Waals surface area contributed by atoms with Crippen molar-refractivity contribution in [2.24, 2.45) is 0 Å². The molecule has 0 unspecified atom stereocenters. The molecule has 0 amide bonds. The zero-order chi connectivity index (χ0) is 12.1. The van der Waals surface area contributed by atoms with Crippen molar-refractivity contribution in [3.8, 4) is 0 Å². The molecule has 0 aromatic rings. The molecule has 0 rings (SSSR count). The zero-order valence-corrected chi connectivity index (χ0v) is 11.8. The largest absolute Gasteiger partial charge is 0.466 e. The van der Waals surface area contributed by atoms with Crippen LogP contribution in [-0.2, 0) is 9.53 Å². The number of hydrogen-bond donors (Lipinski definition) is 0. The van der Waals surface area contributed by atoms with Crippen LogP contribution in [0.1, 0.15) is 58.3 Å². The van der Waals surface area contributed by atoms with E-state index in [2.05, 4.69) is 22.0 Å². The van der Waals surface area contributed by atoms with Gasteiger partial charge in [0.05, 0.1) is 6.61 Å². The lowest BCUT2D eigenvalue weighted by Crippen LogP contribution is -1.99. The third-order valence-corrected chi connectivity index (χ3v) is 2.78. The van der Waals surface area contributed by atoms with Crippen molar-refractivity contribution in [2.75, 3.05) is 6.61 Å². The van der Waals surface area contributed by atoms with Gasteiger partial charge in [0, 0.05) is 6.92 Å². The molecule has 0 bridgehead atoms. The summed E-state index contributed by atoms with van der Waals surface area (Å²) in [5.74, 6) is -0.167. The molecule has 0 aliphatic heterocycles. The molecule has 0 radical (unpaired) electrons. The summed E-state index contributed by atoms with van der Waals surface area (Å²) in [5.41, 5.74) is 0. The molecule has 0 aromatic heterocycles. The predicted molar refractivity (Wildman–Crippen MR) is 71.6 cm³/mol. The van der Waals surface area contributed by atoms with Crippen molar-refractivity contribution in [3.63, 3.8) is 0 Å². The Morgan fingerprint density at radius 1 is 1.06 bits per heavy atom. The van der Waals surface area contributed by atoms with Gasteiger partial charge in [-0.15, -0.1) is 0 Å². The predicted octanol–water partition coefficient (Wildman–Crippen LogP) is 4.58. The number of allylic oxidation sites excluding steroid dienone is 1. The average molecular weight is 291 g/mol. The summed E-state index contributed by atoms with van der Waals surface area (Å²) in [6.07, 6.45) is 12.0. The third kappa shape index (κ3) is 13.7. The van der Waals surface area contributed by atoms with Gasteiger partial charge < -0.3 is 4.74 Å². The van der Waals surface area contributed by atoms with Crippen molar-refractivity contribution in [2.45, 2.75) is 58.3 Å². The Balaban J connectivity index is 2.96. The molecule has 0 aromatic carbocycles. The topological polar surface area (TPSA) is 26.3 Å². The Morgan fingerprint density at radius 2 is 1.62 bits per heavy atom. The van der Waals surface area contributed by atoms with E-state index in [0.717, 1.165) is 6.42 Å². The Hall–Kier alpha value is -0.310. The van der Waals surface area contributed by atoms with Crippen molar-refractivity contribution >= 4 is 21.9 Å². The lowest BCUT2D eigenvalue weighted by atomic mass is 10.1. The van der Waals surface area contributed by atoms with Crippen LogP contribution >= 0.6 is 15.9 Å². The van der Waals surface area contributed by atoms with Gasteiger partial charge in [0.1, 0.15) is 0 Å². The molecule has 16 heavy (non-hydrogen) atoms. The molecule has 0 saturated heterocycles. The summed E-state index contributed by atoms with van der Waals surface area (Å²) >= 11 is 3.26. The van der Waals surface area contributed by atoms with Gasteiger partial charge >= 0.3 is 5.97 Å². The van der Waals surface area contributed by atoms with Crippen LogP contribution in [0, 0.1) is 0 Å². The second kappa shape index (κ2) is 12.8. The van der Waals surface area contributed by atoms with E-state index in [1.807, 2.05) is 4.99 Å². The van der Waals surface area contributed by atoms with Gasteiger partial charge in [0.25, 0.3) is 0 Å². The van der Waals surface area contributed by atoms with Gasteiger partial charge in [-0.05, 0) is 24.2 Å². The van der Waals surface area contributed by atoms with Gasteiger partial charge in [0.15, 0.2) is 0 Å². The molecule has 0 aliphatic carbocycles. The van der Waals surface area contributed by atoms with Crippen molar-refractivity contribution < 1.29 is 9.53 Å². The third-order valence-electron chi connectivity index (χ3n) is 2.41. The Labute approximate surface area is 108 Å². The number of hydrogen-bond acceptors (Lipinski definition) is 2. The number of halogens is 1. The first-order valence-corrected chi connectivity index (χ1v) is 7.07. The Morgan fingerprint density at radius 3 is 2.19 bits per heavy atom. The molecule has 0 saturated carbocycles. The zero-order valence-electron chi connectivity index (χ0n) is 10.2.